The summed E-state index contributed by atoms with van der Waals surface area (Å²) < 4.78 is 21.6. The Kier molecular flexibility index (Phi) is 4.87. The molecule has 0 bridgehead atoms. The minimum Gasteiger partial charge on any atom is -0.385 e. The van der Waals surface area contributed by atoms with Crippen molar-refractivity contribution < 1.29 is 9.13 Å². The molecule has 0 saturated heterocycles. The predicted molar refractivity (Wildman–Crippen MR) is 104 cm³/mol. The van der Waals surface area contributed by atoms with Crippen molar-refractivity contribution in [3.05, 3.63) is 58.4 Å². The molecule has 4 aromatic rings. The second kappa shape index (κ2) is 7.47. The summed E-state index contributed by atoms with van der Waals surface area (Å²) in [6.07, 6.45) is 3.14. The fraction of sp³-hybridized carbons (Fsp3) is 0.300. The normalized spacial score (nSPS) is 11.5. The molecule has 0 amide bonds. The molecule has 0 N–H and O–H groups in total. The minimum absolute atomic E-state index is 0.208. The second-order valence-electron chi connectivity index (χ2n) is 6.51. The number of aryl methyl sites for hydroxylation is 2. The van der Waals surface area contributed by atoms with Crippen LogP contribution >= 0.6 is 0 Å². The van der Waals surface area contributed by atoms with Gasteiger partial charge in [0.05, 0.1) is 11.3 Å². The predicted octanol–water partition coefficient (Wildman–Crippen LogP) is 2.84. The van der Waals surface area contributed by atoms with Crippen molar-refractivity contribution in [1.82, 2.24) is 24.4 Å². The molecule has 0 spiro atoms. The Labute approximate surface area is 160 Å². The van der Waals surface area contributed by atoms with Gasteiger partial charge < -0.3 is 9.30 Å². The van der Waals surface area contributed by atoms with Crippen molar-refractivity contribution in [2.24, 2.45) is 0 Å². The molecule has 0 saturated carbocycles. The molecule has 0 unspecified atom stereocenters. The van der Waals surface area contributed by atoms with Crippen LogP contribution in [-0.2, 0) is 17.7 Å². The van der Waals surface area contributed by atoms with E-state index in [-0.39, 0.29) is 16.9 Å². The first-order chi connectivity index (χ1) is 13.6. The van der Waals surface area contributed by atoms with Gasteiger partial charge in [-0.2, -0.15) is 5.10 Å². The van der Waals surface area contributed by atoms with Gasteiger partial charge in [-0.1, -0.05) is 19.1 Å². The van der Waals surface area contributed by atoms with Crippen molar-refractivity contribution in [3.8, 4) is 11.1 Å². The number of methoxy groups -OCH3 is 1. The smallest absolute Gasteiger partial charge is 0.280 e. The summed E-state index contributed by atoms with van der Waals surface area (Å²) in [5.74, 6) is -0.302. The van der Waals surface area contributed by atoms with Crippen LogP contribution < -0.4 is 5.56 Å². The molecule has 4 rings (SSSR count). The van der Waals surface area contributed by atoms with E-state index in [9.17, 15) is 9.18 Å². The summed E-state index contributed by atoms with van der Waals surface area (Å²) in [6, 6.07) is 8.04. The van der Waals surface area contributed by atoms with Crippen LogP contribution in [0.15, 0.2) is 41.3 Å². The molecule has 0 radical (unpaired) electrons. The van der Waals surface area contributed by atoms with Gasteiger partial charge in [-0.3, -0.25) is 4.79 Å². The Bertz CT molecular complexity index is 1200. The number of rotatable bonds is 6. The first-order valence-electron chi connectivity index (χ1n) is 9.16. The summed E-state index contributed by atoms with van der Waals surface area (Å²) in [4.78, 5) is 12.8. The molecule has 8 heteroatoms. The van der Waals surface area contributed by atoms with Crippen LogP contribution in [0, 0.1) is 5.82 Å². The molecule has 0 aliphatic carbocycles. The van der Waals surface area contributed by atoms with Crippen LogP contribution in [0.4, 0.5) is 4.39 Å². The number of benzene rings is 1. The van der Waals surface area contributed by atoms with E-state index in [1.807, 2.05) is 13.0 Å². The third-order valence-corrected chi connectivity index (χ3v) is 4.74. The van der Waals surface area contributed by atoms with Crippen molar-refractivity contribution in [1.29, 1.82) is 0 Å². The van der Waals surface area contributed by atoms with Crippen LogP contribution in [-0.4, -0.2) is 38.1 Å². The number of hydrogen-bond acceptors (Lipinski definition) is 5. The number of pyridine rings is 1. The molecule has 1 aromatic carbocycles. The van der Waals surface area contributed by atoms with E-state index in [4.69, 9.17) is 4.74 Å². The maximum Gasteiger partial charge on any atom is 0.280 e. The minimum atomic E-state index is -0.302. The fourth-order valence-corrected chi connectivity index (χ4v) is 3.34. The summed E-state index contributed by atoms with van der Waals surface area (Å²) in [6.45, 7) is 3.12. The van der Waals surface area contributed by atoms with Gasteiger partial charge in [-0.15, -0.1) is 10.2 Å². The molecular weight excluding hydrogens is 361 g/mol. The third-order valence-electron chi connectivity index (χ3n) is 4.74. The van der Waals surface area contributed by atoms with Crippen LogP contribution in [0.2, 0.25) is 0 Å². The highest BCUT2D eigenvalue weighted by Gasteiger charge is 2.18. The van der Waals surface area contributed by atoms with Crippen molar-refractivity contribution >= 4 is 16.7 Å². The Morgan fingerprint density at radius 2 is 1.93 bits per heavy atom. The first-order valence-corrected chi connectivity index (χ1v) is 9.16. The Hall–Kier alpha value is -3.13. The largest absolute Gasteiger partial charge is 0.385 e. The Balaban J connectivity index is 1.90. The third kappa shape index (κ3) is 3.05. The SMILES string of the molecule is CCc1nn2c(nnc3c(=O)n(CCCOC)ccc32)c1-c1ccc(F)cc1. The number of aromatic nitrogens is 5. The van der Waals surface area contributed by atoms with Gasteiger partial charge in [0.2, 0.25) is 0 Å². The van der Waals surface area contributed by atoms with Gasteiger partial charge in [0.1, 0.15) is 11.3 Å². The number of fused-ring (bicyclic) bond motifs is 3. The average Bonchev–Trinajstić information content (AvgIpc) is 3.09. The molecule has 3 aromatic heterocycles. The summed E-state index contributed by atoms with van der Waals surface area (Å²) in [5.41, 5.74) is 3.64. The lowest BCUT2D eigenvalue weighted by atomic mass is 10.0. The first kappa shape index (κ1) is 18.2. The summed E-state index contributed by atoms with van der Waals surface area (Å²) >= 11 is 0. The van der Waals surface area contributed by atoms with Crippen LogP contribution in [0.25, 0.3) is 27.8 Å². The number of ether oxygens (including phenoxy) is 1. The standard InChI is InChI=1S/C20H20FN5O2/c1-3-15-17(13-5-7-14(21)8-6-13)19-23-22-18-16(26(19)24-15)9-11-25(20(18)27)10-4-12-28-2/h5-9,11H,3-4,10,12H2,1-2H3. The maximum absolute atomic E-state index is 13.3. The monoisotopic (exact) mass is 381 g/mol. The fourth-order valence-electron chi connectivity index (χ4n) is 3.34. The topological polar surface area (TPSA) is 74.3 Å². The van der Waals surface area contributed by atoms with E-state index in [0.717, 1.165) is 23.2 Å². The van der Waals surface area contributed by atoms with Crippen molar-refractivity contribution in [2.45, 2.75) is 26.3 Å². The highest BCUT2D eigenvalue weighted by Crippen LogP contribution is 2.29. The van der Waals surface area contributed by atoms with Gasteiger partial charge in [-0.05, 0) is 36.6 Å². The highest BCUT2D eigenvalue weighted by molar-refractivity contribution is 5.84. The molecule has 0 aliphatic rings. The zero-order valence-electron chi connectivity index (χ0n) is 15.7. The van der Waals surface area contributed by atoms with E-state index in [2.05, 4.69) is 15.3 Å². The van der Waals surface area contributed by atoms with Gasteiger partial charge in [0.25, 0.3) is 5.56 Å². The lowest BCUT2D eigenvalue weighted by molar-refractivity contribution is 0.190. The molecular formula is C20H20FN5O2. The van der Waals surface area contributed by atoms with Crippen molar-refractivity contribution in [3.63, 3.8) is 0 Å². The number of halogens is 1. The lowest BCUT2D eigenvalue weighted by Gasteiger charge is -2.07. The van der Waals surface area contributed by atoms with E-state index in [1.54, 1.807) is 34.5 Å². The molecule has 3 heterocycles. The quantitative estimate of drug-likeness (QED) is 0.480. The summed E-state index contributed by atoms with van der Waals surface area (Å²) in [7, 11) is 1.63. The molecule has 0 fully saturated rings. The van der Waals surface area contributed by atoms with E-state index < -0.39 is 0 Å². The average molecular weight is 381 g/mol. The Morgan fingerprint density at radius 1 is 1.14 bits per heavy atom. The van der Waals surface area contributed by atoms with Crippen LogP contribution in [0.1, 0.15) is 19.0 Å². The molecule has 144 valence electrons. The Morgan fingerprint density at radius 3 is 2.64 bits per heavy atom. The van der Waals surface area contributed by atoms with Crippen LogP contribution in [0.5, 0.6) is 0 Å². The van der Waals surface area contributed by atoms with Gasteiger partial charge in [-0.25, -0.2) is 8.91 Å². The number of nitrogens with zero attached hydrogens (tertiary/aromatic N) is 5. The van der Waals surface area contributed by atoms with Gasteiger partial charge in [0.15, 0.2) is 11.2 Å². The number of hydrogen-bond donors (Lipinski definition) is 0. The summed E-state index contributed by atoms with van der Waals surface area (Å²) in [5, 5.41) is 13.2. The molecule has 0 aliphatic heterocycles. The second-order valence-corrected chi connectivity index (χ2v) is 6.51. The lowest BCUT2D eigenvalue weighted by Crippen LogP contribution is -2.22. The maximum atomic E-state index is 13.3. The molecule has 0 atom stereocenters. The van der Waals surface area contributed by atoms with E-state index in [1.165, 1.54) is 12.1 Å². The van der Waals surface area contributed by atoms with E-state index >= 15 is 0 Å². The molecule has 28 heavy (non-hydrogen) atoms. The van der Waals surface area contributed by atoms with Crippen molar-refractivity contribution in [2.75, 3.05) is 13.7 Å². The zero-order chi connectivity index (χ0) is 19.7. The highest BCUT2D eigenvalue weighted by atomic mass is 19.1. The molecule has 7 nitrogen and oxygen atoms in total. The van der Waals surface area contributed by atoms with Gasteiger partial charge in [0, 0.05) is 26.5 Å². The van der Waals surface area contributed by atoms with Gasteiger partial charge >= 0.3 is 0 Å². The van der Waals surface area contributed by atoms with E-state index in [0.29, 0.717) is 30.7 Å². The van der Waals surface area contributed by atoms with Crippen LogP contribution in [0.3, 0.4) is 0 Å². The zero-order valence-corrected chi connectivity index (χ0v) is 15.7.